The van der Waals surface area contributed by atoms with Crippen molar-refractivity contribution in [2.24, 2.45) is 0 Å². The molecule has 0 spiro atoms. The van der Waals surface area contributed by atoms with E-state index < -0.39 is 18.2 Å². The molecule has 0 aliphatic carbocycles. The lowest BCUT2D eigenvalue weighted by molar-refractivity contribution is -0.190. The number of hydrogen-bond acceptors (Lipinski definition) is 7. The van der Waals surface area contributed by atoms with Gasteiger partial charge in [-0.25, -0.2) is 0 Å². The van der Waals surface area contributed by atoms with Crippen molar-refractivity contribution < 1.29 is 38.4 Å². The molecule has 0 aromatic rings. The molecule has 1 N–H and O–H groups in total. The molecule has 8 nitrogen and oxygen atoms in total. The van der Waals surface area contributed by atoms with Gasteiger partial charge in [-0.3, -0.25) is 9.59 Å². The highest BCUT2D eigenvalue weighted by atomic mass is 16.7. The number of carbonyl (C=O) groups excluding carboxylic acids is 1. The van der Waals surface area contributed by atoms with Crippen LogP contribution < -0.4 is 0 Å². The first-order valence-electron chi connectivity index (χ1n) is 8.36. The largest absolute Gasteiger partial charge is 0.481 e. The van der Waals surface area contributed by atoms with E-state index in [4.69, 9.17) is 28.8 Å². The van der Waals surface area contributed by atoms with E-state index in [2.05, 4.69) is 0 Å². The molecule has 24 heavy (non-hydrogen) atoms. The van der Waals surface area contributed by atoms with Crippen LogP contribution in [0, 0.1) is 0 Å². The van der Waals surface area contributed by atoms with E-state index in [0.717, 1.165) is 0 Å². The maximum Gasteiger partial charge on any atom is 0.305 e. The Labute approximate surface area is 143 Å². The predicted octanol–water partition coefficient (Wildman–Crippen LogP) is 1.61. The van der Waals surface area contributed by atoms with E-state index in [-0.39, 0.29) is 19.4 Å². The third kappa shape index (κ3) is 15.7. The maximum absolute atomic E-state index is 11.6. The fraction of sp³-hybridized carbons (Fsp3) is 0.875. The van der Waals surface area contributed by atoms with Crippen LogP contribution in [-0.4, -0.2) is 69.6 Å². The Morgan fingerprint density at radius 2 is 1.42 bits per heavy atom. The lowest BCUT2D eigenvalue weighted by atomic mass is 10.2. The highest BCUT2D eigenvalue weighted by Crippen LogP contribution is 2.04. The standard InChI is InChI=1S/C16H30O8/c1-3-20-9-11-22-16(23-12-10-21-4-2)13-24-15(19)8-6-5-7-14(17)18/h16H,3-13H2,1-2H3,(H,17,18). The Bertz CT molecular complexity index is 309. The van der Waals surface area contributed by atoms with Gasteiger partial charge in [0, 0.05) is 26.1 Å². The molecular weight excluding hydrogens is 320 g/mol. The molecule has 0 aromatic heterocycles. The van der Waals surface area contributed by atoms with Crippen molar-refractivity contribution in [2.45, 2.75) is 45.8 Å². The van der Waals surface area contributed by atoms with E-state index in [1.165, 1.54) is 0 Å². The van der Waals surface area contributed by atoms with E-state index in [1.54, 1.807) is 0 Å². The fourth-order valence-corrected chi connectivity index (χ4v) is 1.69. The van der Waals surface area contributed by atoms with Gasteiger partial charge >= 0.3 is 11.9 Å². The summed E-state index contributed by atoms with van der Waals surface area (Å²) >= 11 is 0. The van der Waals surface area contributed by atoms with Crippen LogP contribution in [0.1, 0.15) is 39.5 Å². The molecule has 0 radical (unpaired) electrons. The average molecular weight is 350 g/mol. The van der Waals surface area contributed by atoms with Crippen molar-refractivity contribution >= 4 is 11.9 Å². The lowest BCUT2D eigenvalue weighted by Gasteiger charge is -2.18. The van der Waals surface area contributed by atoms with Gasteiger partial charge in [-0.2, -0.15) is 0 Å². The van der Waals surface area contributed by atoms with Crippen LogP contribution in [-0.2, 0) is 33.3 Å². The smallest absolute Gasteiger partial charge is 0.305 e. The van der Waals surface area contributed by atoms with E-state index in [1.807, 2.05) is 13.8 Å². The summed E-state index contributed by atoms with van der Waals surface area (Å²) < 4.78 is 26.4. The third-order valence-corrected chi connectivity index (χ3v) is 2.87. The highest BCUT2D eigenvalue weighted by Gasteiger charge is 2.13. The summed E-state index contributed by atoms with van der Waals surface area (Å²) in [4.78, 5) is 22.0. The first kappa shape index (κ1) is 22.8. The SMILES string of the molecule is CCOCCOC(COC(=O)CCCCC(=O)O)OCCOCC. The molecule has 8 heteroatoms. The Morgan fingerprint density at radius 3 is 1.92 bits per heavy atom. The van der Waals surface area contributed by atoms with Crippen LogP contribution in [0.4, 0.5) is 0 Å². The zero-order chi connectivity index (χ0) is 18.0. The van der Waals surface area contributed by atoms with Gasteiger partial charge in [0.15, 0.2) is 6.29 Å². The Balaban J connectivity index is 3.93. The number of rotatable bonds is 17. The van der Waals surface area contributed by atoms with Crippen LogP contribution in [0.15, 0.2) is 0 Å². The minimum Gasteiger partial charge on any atom is -0.481 e. The summed E-state index contributed by atoms with van der Waals surface area (Å²) in [5.41, 5.74) is 0. The predicted molar refractivity (Wildman–Crippen MR) is 85.7 cm³/mol. The summed E-state index contributed by atoms with van der Waals surface area (Å²) in [6.45, 7) is 6.51. The molecule has 0 fully saturated rings. The summed E-state index contributed by atoms with van der Waals surface area (Å²) in [6, 6.07) is 0. The molecule has 142 valence electrons. The fourth-order valence-electron chi connectivity index (χ4n) is 1.69. The number of carboxylic acids is 1. The first-order valence-corrected chi connectivity index (χ1v) is 8.36. The van der Waals surface area contributed by atoms with Crippen molar-refractivity contribution in [1.29, 1.82) is 0 Å². The van der Waals surface area contributed by atoms with Gasteiger partial charge in [-0.1, -0.05) is 0 Å². The zero-order valence-corrected chi connectivity index (χ0v) is 14.7. The van der Waals surface area contributed by atoms with Gasteiger partial charge in [0.1, 0.15) is 6.61 Å². The summed E-state index contributed by atoms with van der Waals surface area (Å²) in [6.07, 6.45) is 0.485. The maximum atomic E-state index is 11.6. The molecule has 0 amide bonds. The normalized spacial score (nSPS) is 11.0. The molecule has 0 atom stereocenters. The quantitative estimate of drug-likeness (QED) is 0.240. The summed E-state index contributed by atoms with van der Waals surface area (Å²) in [5.74, 6) is -1.26. The van der Waals surface area contributed by atoms with E-state index >= 15 is 0 Å². The van der Waals surface area contributed by atoms with Gasteiger partial charge < -0.3 is 28.8 Å². The van der Waals surface area contributed by atoms with Gasteiger partial charge in [0.05, 0.1) is 26.4 Å². The second-order valence-corrected chi connectivity index (χ2v) is 4.85. The number of ether oxygens (including phenoxy) is 5. The van der Waals surface area contributed by atoms with Crippen LogP contribution in [0.3, 0.4) is 0 Å². The van der Waals surface area contributed by atoms with E-state index in [0.29, 0.717) is 52.5 Å². The minimum atomic E-state index is -0.867. The van der Waals surface area contributed by atoms with Crippen LogP contribution in [0.2, 0.25) is 0 Å². The van der Waals surface area contributed by atoms with Gasteiger partial charge in [-0.15, -0.1) is 0 Å². The molecule has 0 aromatic carbocycles. The number of carbonyl (C=O) groups is 2. The number of unbranched alkanes of at least 4 members (excludes halogenated alkanes) is 1. The molecular formula is C16H30O8. The first-order chi connectivity index (χ1) is 11.6. The minimum absolute atomic E-state index is 0.0178. The van der Waals surface area contributed by atoms with Gasteiger partial charge in [-0.05, 0) is 26.7 Å². The highest BCUT2D eigenvalue weighted by molar-refractivity contribution is 5.69. The zero-order valence-electron chi connectivity index (χ0n) is 14.7. The Morgan fingerprint density at radius 1 is 0.875 bits per heavy atom. The average Bonchev–Trinajstić information content (AvgIpc) is 2.56. The van der Waals surface area contributed by atoms with Crippen LogP contribution >= 0.6 is 0 Å². The molecule has 0 saturated heterocycles. The molecule has 0 aliphatic heterocycles. The molecule has 0 rings (SSSR count). The molecule has 0 saturated carbocycles. The Hall–Kier alpha value is -1.22. The van der Waals surface area contributed by atoms with Crippen molar-refractivity contribution in [2.75, 3.05) is 46.2 Å². The van der Waals surface area contributed by atoms with Crippen LogP contribution in [0.5, 0.6) is 0 Å². The van der Waals surface area contributed by atoms with Crippen molar-refractivity contribution in [1.82, 2.24) is 0 Å². The van der Waals surface area contributed by atoms with Crippen molar-refractivity contribution in [3.8, 4) is 0 Å². The summed E-state index contributed by atoms with van der Waals surface area (Å²) in [7, 11) is 0. The number of carboxylic acid groups (broad SMARTS) is 1. The Kier molecular flexibility index (Phi) is 15.8. The summed E-state index contributed by atoms with van der Waals surface area (Å²) in [5, 5.41) is 8.53. The van der Waals surface area contributed by atoms with Crippen molar-refractivity contribution in [3.05, 3.63) is 0 Å². The number of aliphatic carboxylic acids is 1. The monoisotopic (exact) mass is 350 g/mol. The molecule has 0 heterocycles. The second kappa shape index (κ2) is 16.6. The van der Waals surface area contributed by atoms with Gasteiger partial charge in [0.2, 0.25) is 0 Å². The lowest BCUT2D eigenvalue weighted by Crippen LogP contribution is -2.28. The number of esters is 1. The second-order valence-electron chi connectivity index (χ2n) is 4.85. The van der Waals surface area contributed by atoms with Crippen LogP contribution in [0.25, 0.3) is 0 Å². The molecule has 0 bridgehead atoms. The molecule has 0 aliphatic rings. The third-order valence-electron chi connectivity index (χ3n) is 2.87. The van der Waals surface area contributed by atoms with Gasteiger partial charge in [0.25, 0.3) is 0 Å². The number of hydrogen-bond donors (Lipinski definition) is 1. The van der Waals surface area contributed by atoms with E-state index in [9.17, 15) is 9.59 Å². The molecule has 0 unspecified atom stereocenters. The van der Waals surface area contributed by atoms with Crippen molar-refractivity contribution in [3.63, 3.8) is 0 Å². The topological polar surface area (TPSA) is 101 Å².